The summed E-state index contributed by atoms with van der Waals surface area (Å²) >= 11 is 5.77. The fourth-order valence-corrected chi connectivity index (χ4v) is 3.53. The summed E-state index contributed by atoms with van der Waals surface area (Å²) in [4.78, 5) is 13.9. The van der Waals surface area contributed by atoms with Gasteiger partial charge in [-0.15, -0.1) is 11.6 Å². The summed E-state index contributed by atoms with van der Waals surface area (Å²) in [5, 5.41) is 2.61. The van der Waals surface area contributed by atoms with E-state index in [-0.39, 0.29) is 25.5 Å². The Labute approximate surface area is 142 Å². The molecule has 23 heavy (non-hydrogen) atoms. The smallest absolute Gasteiger partial charge is 0.326 e. The van der Waals surface area contributed by atoms with E-state index < -0.39 is 7.60 Å². The predicted octanol–water partition coefficient (Wildman–Crippen LogP) is 3.66. The van der Waals surface area contributed by atoms with E-state index in [1.165, 1.54) is 0 Å². The van der Waals surface area contributed by atoms with Gasteiger partial charge >= 0.3 is 13.6 Å². The number of alkyl halides is 1. The molecule has 0 radical (unpaired) electrons. The van der Waals surface area contributed by atoms with Crippen LogP contribution in [0.4, 0.5) is 4.79 Å². The largest absolute Gasteiger partial charge is 0.349 e. The number of hydrogen-bond acceptors (Lipinski definition) is 4. The summed E-state index contributed by atoms with van der Waals surface area (Å²) in [6, 6.07) is 9.24. The molecule has 8 heteroatoms. The van der Waals surface area contributed by atoms with Crippen molar-refractivity contribution >= 4 is 25.2 Å². The summed E-state index contributed by atoms with van der Waals surface area (Å²) in [6.45, 7) is 4.76. The van der Waals surface area contributed by atoms with Crippen molar-refractivity contribution in [2.45, 2.75) is 20.4 Å². The molecule has 130 valence electrons. The van der Waals surface area contributed by atoms with E-state index in [0.717, 1.165) is 5.56 Å². The van der Waals surface area contributed by atoms with Crippen LogP contribution in [-0.4, -0.2) is 42.9 Å². The zero-order valence-electron chi connectivity index (χ0n) is 13.5. The number of amides is 2. The molecule has 1 N–H and O–H groups in total. The highest BCUT2D eigenvalue weighted by atomic mass is 35.5. The number of carbonyl (C=O) groups is 1. The minimum Gasteiger partial charge on any atom is -0.326 e. The summed E-state index contributed by atoms with van der Waals surface area (Å²) in [5.41, 5.74) is 0.991. The zero-order chi connectivity index (χ0) is 17.1. The van der Waals surface area contributed by atoms with Crippen LogP contribution >= 0.6 is 19.2 Å². The van der Waals surface area contributed by atoms with E-state index in [1.807, 2.05) is 30.3 Å². The Morgan fingerprint density at radius 2 is 1.83 bits per heavy atom. The van der Waals surface area contributed by atoms with Crippen molar-refractivity contribution in [2.24, 2.45) is 0 Å². The number of rotatable bonds is 10. The molecular formula is C15H24ClN2O4P. The van der Waals surface area contributed by atoms with Crippen LogP contribution in [0.3, 0.4) is 0 Å². The lowest BCUT2D eigenvalue weighted by Gasteiger charge is -2.24. The third-order valence-electron chi connectivity index (χ3n) is 2.93. The molecule has 0 unspecified atom stereocenters. The molecule has 0 aliphatic carbocycles. The van der Waals surface area contributed by atoms with Gasteiger partial charge in [0.15, 0.2) is 0 Å². The van der Waals surface area contributed by atoms with Crippen molar-refractivity contribution in [3.63, 3.8) is 0 Å². The number of nitrogens with one attached hydrogen (secondary N) is 1. The predicted molar refractivity (Wildman–Crippen MR) is 91.8 cm³/mol. The Morgan fingerprint density at radius 3 is 2.35 bits per heavy atom. The molecule has 2 amide bonds. The first-order valence-electron chi connectivity index (χ1n) is 7.55. The van der Waals surface area contributed by atoms with Gasteiger partial charge in [0.25, 0.3) is 0 Å². The van der Waals surface area contributed by atoms with E-state index >= 15 is 0 Å². The highest BCUT2D eigenvalue weighted by Crippen LogP contribution is 2.46. The van der Waals surface area contributed by atoms with E-state index in [2.05, 4.69) is 5.32 Å². The van der Waals surface area contributed by atoms with Crippen LogP contribution in [0.1, 0.15) is 19.4 Å². The maximum absolute atomic E-state index is 12.4. The first-order chi connectivity index (χ1) is 11.0. The van der Waals surface area contributed by atoms with Gasteiger partial charge in [0.05, 0.1) is 13.2 Å². The second kappa shape index (κ2) is 10.7. The number of nitrogens with zero attached hydrogens (tertiary/aromatic N) is 1. The molecule has 0 aromatic heterocycles. The van der Waals surface area contributed by atoms with Crippen LogP contribution < -0.4 is 5.32 Å². The van der Waals surface area contributed by atoms with Crippen LogP contribution in [0.15, 0.2) is 30.3 Å². The molecule has 0 atom stereocenters. The molecule has 0 aliphatic rings. The molecule has 1 aromatic carbocycles. The quantitative estimate of drug-likeness (QED) is 0.509. The Balaban J connectivity index is 2.65. The van der Waals surface area contributed by atoms with Gasteiger partial charge < -0.3 is 19.3 Å². The Bertz CT molecular complexity index is 505. The fourth-order valence-electron chi connectivity index (χ4n) is 1.96. The van der Waals surface area contributed by atoms with Crippen LogP contribution in [0.25, 0.3) is 0 Å². The van der Waals surface area contributed by atoms with Gasteiger partial charge in [0.2, 0.25) is 0 Å². The molecule has 1 aromatic rings. The maximum Gasteiger partial charge on any atom is 0.349 e. The fraction of sp³-hybridized carbons (Fsp3) is 0.533. The minimum atomic E-state index is -3.31. The van der Waals surface area contributed by atoms with Gasteiger partial charge in [-0.1, -0.05) is 30.3 Å². The lowest BCUT2D eigenvalue weighted by atomic mass is 10.2. The molecule has 0 saturated heterocycles. The average molecular weight is 363 g/mol. The van der Waals surface area contributed by atoms with Gasteiger partial charge in [-0.3, -0.25) is 4.57 Å². The molecular weight excluding hydrogens is 339 g/mol. The van der Waals surface area contributed by atoms with Crippen molar-refractivity contribution in [2.75, 3.05) is 31.9 Å². The molecule has 0 saturated carbocycles. The summed E-state index contributed by atoms with van der Waals surface area (Å²) in [7, 11) is -3.31. The van der Waals surface area contributed by atoms with Crippen molar-refractivity contribution in [3.05, 3.63) is 35.9 Å². The standard InChI is InChI=1S/C15H24ClN2O4P/c1-3-21-23(20,22-4-2)13-17-15(19)18(11-10-16)12-14-8-6-5-7-9-14/h5-9H,3-4,10-13H2,1-2H3,(H,17,19). The summed E-state index contributed by atoms with van der Waals surface area (Å²) in [6.07, 6.45) is -0.166. The Kier molecular flexibility index (Phi) is 9.26. The second-order valence-corrected chi connectivity index (χ2v) is 7.12. The van der Waals surface area contributed by atoms with Crippen molar-refractivity contribution in [1.82, 2.24) is 10.2 Å². The summed E-state index contributed by atoms with van der Waals surface area (Å²) < 4.78 is 22.7. The normalized spacial score (nSPS) is 11.3. The van der Waals surface area contributed by atoms with E-state index in [0.29, 0.717) is 19.0 Å². The average Bonchev–Trinajstić information content (AvgIpc) is 2.54. The molecule has 0 heterocycles. The number of hydrogen-bond donors (Lipinski definition) is 1. The van der Waals surface area contributed by atoms with E-state index in [4.69, 9.17) is 20.6 Å². The van der Waals surface area contributed by atoms with Gasteiger partial charge in [-0.25, -0.2) is 4.79 Å². The SMILES string of the molecule is CCOP(=O)(CNC(=O)N(CCCl)Cc1ccccc1)OCC. The van der Waals surface area contributed by atoms with Crippen LogP contribution in [0.5, 0.6) is 0 Å². The highest BCUT2D eigenvalue weighted by Gasteiger charge is 2.25. The molecule has 0 aliphatic heterocycles. The highest BCUT2D eigenvalue weighted by molar-refractivity contribution is 7.53. The number of halogens is 1. The number of carbonyl (C=O) groups excluding carboxylic acids is 1. The number of benzene rings is 1. The molecule has 0 fully saturated rings. The lowest BCUT2D eigenvalue weighted by molar-refractivity contribution is 0.193. The van der Waals surface area contributed by atoms with Crippen molar-refractivity contribution in [3.8, 4) is 0 Å². The summed E-state index contributed by atoms with van der Waals surface area (Å²) in [5.74, 6) is 0.314. The zero-order valence-corrected chi connectivity index (χ0v) is 15.2. The van der Waals surface area contributed by atoms with Crippen LogP contribution in [-0.2, 0) is 20.2 Å². The van der Waals surface area contributed by atoms with Gasteiger partial charge in [0, 0.05) is 19.0 Å². The third-order valence-corrected chi connectivity index (χ3v) is 4.95. The molecule has 0 spiro atoms. The van der Waals surface area contributed by atoms with Gasteiger partial charge in [-0.05, 0) is 19.4 Å². The Morgan fingerprint density at radius 1 is 1.22 bits per heavy atom. The van der Waals surface area contributed by atoms with Gasteiger partial charge in [-0.2, -0.15) is 0 Å². The maximum atomic E-state index is 12.4. The van der Waals surface area contributed by atoms with E-state index in [1.54, 1.807) is 18.7 Å². The van der Waals surface area contributed by atoms with Crippen molar-refractivity contribution < 1.29 is 18.4 Å². The Hall–Kier alpha value is -1.07. The second-order valence-electron chi connectivity index (χ2n) is 4.68. The minimum absolute atomic E-state index is 0.166. The van der Waals surface area contributed by atoms with E-state index in [9.17, 15) is 9.36 Å². The van der Waals surface area contributed by atoms with Crippen molar-refractivity contribution in [1.29, 1.82) is 0 Å². The monoisotopic (exact) mass is 362 g/mol. The molecule has 0 bridgehead atoms. The third kappa shape index (κ3) is 7.36. The first kappa shape index (κ1) is 20.0. The van der Waals surface area contributed by atoms with Crippen LogP contribution in [0.2, 0.25) is 0 Å². The lowest BCUT2D eigenvalue weighted by Crippen LogP contribution is -2.41. The topological polar surface area (TPSA) is 67.9 Å². The number of urea groups is 1. The molecule has 6 nitrogen and oxygen atoms in total. The first-order valence-corrected chi connectivity index (χ1v) is 9.81. The van der Waals surface area contributed by atoms with Gasteiger partial charge in [0.1, 0.15) is 6.29 Å². The van der Waals surface area contributed by atoms with Crippen LogP contribution in [0, 0.1) is 0 Å². The molecule has 1 rings (SSSR count).